The van der Waals surface area contributed by atoms with Crippen LogP contribution in [0.4, 0.5) is 0 Å². The maximum absolute atomic E-state index is 12.9. The molecule has 0 radical (unpaired) electrons. The predicted molar refractivity (Wildman–Crippen MR) is 107 cm³/mol. The molecule has 3 heterocycles. The smallest absolute Gasteiger partial charge is 0.271 e. The Morgan fingerprint density at radius 3 is 2.83 bits per heavy atom. The zero-order chi connectivity index (χ0) is 20.9. The highest BCUT2D eigenvalue weighted by Crippen LogP contribution is 2.30. The molecule has 0 saturated carbocycles. The van der Waals surface area contributed by atoms with Crippen LogP contribution in [0.25, 0.3) is 0 Å². The Balaban J connectivity index is 0.00000117. The van der Waals surface area contributed by atoms with E-state index in [-0.39, 0.29) is 18.0 Å². The van der Waals surface area contributed by atoms with Gasteiger partial charge in [-0.3, -0.25) is 4.79 Å². The van der Waals surface area contributed by atoms with Gasteiger partial charge in [0.2, 0.25) is 10.0 Å². The van der Waals surface area contributed by atoms with E-state index in [0.717, 1.165) is 31.2 Å². The zero-order valence-corrected chi connectivity index (χ0v) is 17.7. The molecule has 1 N–H and O–H groups in total. The molecule has 1 saturated heterocycles. The maximum Gasteiger partial charge on any atom is 0.271 e. The summed E-state index contributed by atoms with van der Waals surface area (Å²) in [6.07, 6.45) is 4.63. The first-order valence-electron chi connectivity index (χ1n) is 10.1. The first-order valence-corrected chi connectivity index (χ1v) is 11.5. The number of hydrogen-bond acceptors (Lipinski definition) is 6. The molecule has 1 amide bonds. The van der Waals surface area contributed by atoms with Crippen LogP contribution in [-0.4, -0.2) is 51.2 Å². The molecule has 1 aromatic carbocycles. The molecule has 1 fully saturated rings. The van der Waals surface area contributed by atoms with Crippen molar-refractivity contribution >= 4 is 15.9 Å². The van der Waals surface area contributed by atoms with Gasteiger partial charge in [0, 0.05) is 44.2 Å². The second-order valence-corrected chi connectivity index (χ2v) is 8.68. The van der Waals surface area contributed by atoms with Gasteiger partial charge in [-0.05, 0) is 24.5 Å². The van der Waals surface area contributed by atoms with Gasteiger partial charge in [0.25, 0.3) is 5.91 Å². The SMILES string of the molecule is CC.O=C(NOC1CCCCO1)C1=CCN(S(=O)(=O)c2ccc3c(c2)OCC3)C1. The number of carbonyl (C=O) groups excluding carboxylic acids is 1. The second kappa shape index (κ2) is 9.71. The molecule has 3 aliphatic rings. The van der Waals surface area contributed by atoms with E-state index < -0.39 is 22.2 Å². The highest BCUT2D eigenvalue weighted by Gasteiger charge is 2.31. The Kier molecular flexibility index (Phi) is 7.28. The summed E-state index contributed by atoms with van der Waals surface area (Å²) in [7, 11) is -3.71. The quantitative estimate of drug-likeness (QED) is 0.728. The summed E-state index contributed by atoms with van der Waals surface area (Å²) >= 11 is 0. The van der Waals surface area contributed by atoms with Crippen LogP contribution in [0.3, 0.4) is 0 Å². The molecule has 0 spiro atoms. The number of carbonyl (C=O) groups is 1. The Labute approximate surface area is 171 Å². The lowest BCUT2D eigenvalue weighted by atomic mass is 10.2. The van der Waals surface area contributed by atoms with Crippen molar-refractivity contribution in [2.24, 2.45) is 0 Å². The maximum atomic E-state index is 12.9. The van der Waals surface area contributed by atoms with Crippen LogP contribution in [0.2, 0.25) is 0 Å². The number of sulfonamides is 1. The van der Waals surface area contributed by atoms with Crippen molar-refractivity contribution in [1.82, 2.24) is 9.79 Å². The van der Waals surface area contributed by atoms with E-state index in [1.54, 1.807) is 24.3 Å². The molecule has 1 unspecified atom stereocenters. The van der Waals surface area contributed by atoms with E-state index in [2.05, 4.69) is 5.48 Å². The van der Waals surface area contributed by atoms with Crippen molar-refractivity contribution in [3.63, 3.8) is 0 Å². The second-order valence-electron chi connectivity index (χ2n) is 6.74. The molecule has 1 aromatic rings. The van der Waals surface area contributed by atoms with E-state index in [4.69, 9.17) is 14.3 Å². The molecular formula is C20H28N2O6S. The number of benzene rings is 1. The summed E-state index contributed by atoms with van der Waals surface area (Å²) in [5, 5.41) is 0. The van der Waals surface area contributed by atoms with Gasteiger partial charge in [0.1, 0.15) is 5.75 Å². The molecule has 0 bridgehead atoms. The highest BCUT2D eigenvalue weighted by molar-refractivity contribution is 7.89. The van der Waals surface area contributed by atoms with Crippen LogP contribution in [0, 0.1) is 0 Å². The molecule has 0 aliphatic carbocycles. The summed E-state index contributed by atoms with van der Waals surface area (Å²) in [6, 6.07) is 4.92. The fourth-order valence-electron chi connectivity index (χ4n) is 3.32. The Morgan fingerprint density at radius 1 is 1.24 bits per heavy atom. The minimum absolute atomic E-state index is 0.000985. The molecule has 29 heavy (non-hydrogen) atoms. The summed E-state index contributed by atoms with van der Waals surface area (Å²) in [5.74, 6) is 0.168. The van der Waals surface area contributed by atoms with Crippen molar-refractivity contribution in [2.45, 2.75) is 50.7 Å². The number of hydrogen-bond donors (Lipinski definition) is 1. The van der Waals surface area contributed by atoms with Crippen molar-refractivity contribution in [2.75, 3.05) is 26.3 Å². The van der Waals surface area contributed by atoms with Crippen LogP contribution in [-0.2, 0) is 30.8 Å². The van der Waals surface area contributed by atoms with Gasteiger partial charge < -0.3 is 9.47 Å². The molecular weight excluding hydrogens is 396 g/mol. The first kappa shape index (κ1) is 21.8. The third-order valence-corrected chi connectivity index (χ3v) is 6.71. The number of nitrogens with zero attached hydrogens (tertiary/aromatic N) is 1. The van der Waals surface area contributed by atoms with Gasteiger partial charge in [-0.1, -0.05) is 26.0 Å². The zero-order valence-electron chi connectivity index (χ0n) is 16.8. The third kappa shape index (κ3) is 4.98. The fourth-order valence-corrected chi connectivity index (χ4v) is 4.70. The van der Waals surface area contributed by atoms with Gasteiger partial charge in [0.05, 0.1) is 11.5 Å². The minimum atomic E-state index is -3.71. The average Bonchev–Trinajstić information content (AvgIpc) is 3.43. The van der Waals surface area contributed by atoms with Gasteiger partial charge in [-0.15, -0.1) is 0 Å². The lowest BCUT2D eigenvalue weighted by Crippen LogP contribution is -2.36. The van der Waals surface area contributed by atoms with Crippen molar-refractivity contribution < 1.29 is 27.5 Å². The lowest BCUT2D eigenvalue weighted by molar-refractivity contribution is -0.198. The monoisotopic (exact) mass is 424 g/mol. The Morgan fingerprint density at radius 2 is 2.07 bits per heavy atom. The molecule has 3 aliphatic heterocycles. The van der Waals surface area contributed by atoms with Crippen LogP contribution < -0.4 is 10.2 Å². The minimum Gasteiger partial charge on any atom is -0.493 e. The number of nitrogens with one attached hydrogen (secondary N) is 1. The van der Waals surface area contributed by atoms with E-state index in [1.165, 1.54) is 4.31 Å². The van der Waals surface area contributed by atoms with E-state index in [1.807, 2.05) is 13.8 Å². The van der Waals surface area contributed by atoms with Crippen LogP contribution in [0.1, 0.15) is 38.7 Å². The van der Waals surface area contributed by atoms with E-state index >= 15 is 0 Å². The molecule has 1 atom stereocenters. The summed E-state index contributed by atoms with van der Waals surface area (Å²) in [6.45, 7) is 5.32. The van der Waals surface area contributed by atoms with Gasteiger partial charge >= 0.3 is 0 Å². The number of hydroxylamine groups is 1. The number of ether oxygens (including phenoxy) is 2. The van der Waals surface area contributed by atoms with Crippen LogP contribution in [0.15, 0.2) is 34.7 Å². The largest absolute Gasteiger partial charge is 0.493 e. The van der Waals surface area contributed by atoms with E-state index in [0.29, 0.717) is 24.5 Å². The van der Waals surface area contributed by atoms with Gasteiger partial charge in [0.15, 0.2) is 6.29 Å². The van der Waals surface area contributed by atoms with Gasteiger partial charge in [-0.25, -0.2) is 18.7 Å². The number of fused-ring (bicyclic) bond motifs is 1. The normalized spacial score (nSPS) is 21.4. The topological polar surface area (TPSA) is 94.2 Å². The number of amides is 1. The summed E-state index contributed by atoms with van der Waals surface area (Å²) in [4.78, 5) is 17.7. The van der Waals surface area contributed by atoms with Crippen LogP contribution >= 0.6 is 0 Å². The molecule has 4 rings (SSSR count). The fraction of sp³-hybridized carbons (Fsp3) is 0.550. The molecule has 160 valence electrons. The van der Waals surface area contributed by atoms with E-state index in [9.17, 15) is 13.2 Å². The molecule has 0 aromatic heterocycles. The first-order chi connectivity index (χ1) is 14.0. The van der Waals surface area contributed by atoms with Gasteiger partial charge in [-0.2, -0.15) is 4.31 Å². The molecule has 9 heteroatoms. The molecule has 8 nitrogen and oxygen atoms in total. The Bertz CT molecular complexity index is 862. The third-order valence-electron chi connectivity index (χ3n) is 4.91. The van der Waals surface area contributed by atoms with Crippen molar-refractivity contribution in [1.29, 1.82) is 0 Å². The lowest BCUT2D eigenvalue weighted by Gasteiger charge is -2.22. The number of rotatable bonds is 5. The summed E-state index contributed by atoms with van der Waals surface area (Å²) in [5.41, 5.74) is 3.73. The van der Waals surface area contributed by atoms with Crippen LogP contribution in [0.5, 0.6) is 5.75 Å². The van der Waals surface area contributed by atoms with Crippen molar-refractivity contribution in [3.8, 4) is 5.75 Å². The summed E-state index contributed by atoms with van der Waals surface area (Å²) < 4.78 is 37.8. The average molecular weight is 425 g/mol. The standard InChI is InChI=1S/C18H22N2O6S.C2H6/c21-18(19-26-17-3-1-2-9-25-17)14-6-8-20(12-14)27(22,23)15-5-4-13-7-10-24-16(13)11-15;1-2/h4-6,11,17H,1-3,7-10,12H2,(H,19,21);1-2H3. The van der Waals surface area contributed by atoms with Crippen molar-refractivity contribution in [3.05, 3.63) is 35.4 Å². The predicted octanol–water partition coefficient (Wildman–Crippen LogP) is 2.15. The highest BCUT2D eigenvalue weighted by atomic mass is 32.2. The Hall–Kier alpha value is -1.94.